The predicted octanol–water partition coefficient (Wildman–Crippen LogP) is 1.42. The summed E-state index contributed by atoms with van der Waals surface area (Å²) in [5, 5.41) is 7.25. The van der Waals surface area contributed by atoms with Crippen LogP contribution in [-0.2, 0) is 9.47 Å². The molecule has 0 unspecified atom stereocenters. The number of nitrogens with zero attached hydrogens (tertiary/aromatic N) is 5. The molecule has 1 N–H and O–H groups in total. The van der Waals surface area contributed by atoms with Crippen LogP contribution >= 0.6 is 0 Å². The Kier molecular flexibility index (Phi) is 4.57. The van der Waals surface area contributed by atoms with E-state index in [-0.39, 0.29) is 6.10 Å². The molecule has 4 heterocycles. The highest BCUT2D eigenvalue weighted by Crippen LogP contribution is 2.26. The van der Waals surface area contributed by atoms with Gasteiger partial charge in [0, 0.05) is 30.7 Å². The van der Waals surface area contributed by atoms with Crippen LogP contribution in [0.5, 0.6) is 0 Å². The van der Waals surface area contributed by atoms with Crippen molar-refractivity contribution in [2.75, 3.05) is 31.7 Å². The van der Waals surface area contributed by atoms with E-state index in [0.717, 1.165) is 5.56 Å². The molecule has 1 aliphatic heterocycles. The van der Waals surface area contributed by atoms with Crippen molar-refractivity contribution in [2.45, 2.75) is 6.10 Å². The summed E-state index contributed by atoms with van der Waals surface area (Å²) in [5.74, 6) is 1.43. The van der Waals surface area contributed by atoms with Crippen LogP contribution in [0, 0.1) is 0 Å². The zero-order chi connectivity index (χ0) is 16.9. The molecule has 9 nitrogen and oxygen atoms in total. The molecule has 0 amide bonds. The number of pyridine rings is 1. The van der Waals surface area contributed by atoms with Crippen LogP contribution in [0.3, 0.4) is 0 Å². The molecule has 25 heavy (non-hydrogen) atoms. The van der Waals surface area contributed by atoms with Gasteiger partial charge in [-0.1, -0.05) is 5.16 Å². The first-order valence-corrected chi connectivity index (χ1v) is 7.88. The molecule has 0 aliphatic carbocycles. The summed E-state index contributed by atoms with van der Waals surface area (Å²) in [6.45, 7) is 2.35. The maximum atomic E-state index is 5.62. The molecular weight excluding hydrogens is 324 g/mol. The lowest BCUT2D eigenvalue weighted by Gasteiger charge is -2.23. The molecule has 0 bridgehead atoms. The van der Waals surface area contributed by atoms with Crippen molar-refractivity contribution in [3.8, 4) is 22.8 Å². The van der Waals surface area contributed by atoms with Crippen LogP contribution < -0.4 is 5.32 Å². The summed E-state index contributed by atoms with van der Waals surface area (Å²) in [5.41, 5.74) is 1.45. The first-order valence-electron chi connectivity index (χ1n) is 7.88. The normalized spacial score (nSPS) is 17.4. The number of nitrogens with one attached hydrogen (secondary N) is 1. The molecule has 1 fully saturated rings. The van der Waals surface area contributed by atoms with E-state index < -0.39 is 0 Å². The number of ether oxygens (including phenoxy) is 2. The third-order valence-corrected chi connectivity index (χ3v) is 3.69. The summed E-state index contributed by atoms with van der Waals surface area (Å²) >= 11 is 0. The van der Waals surface area contributed by atoms with Gasteiger partial charge in [-0.2, -0.15) is 4.98 Å². The molecule has 0 spiro atoms. The van der Waals surface area contributed by atoms with Crippen LogP contribution in [0.4, 0.5) is 5.82 Å². The van der Waals surface area contributed by atoms with Gasteiger partial charge < -0.3 is 19.3 Å². The molecule has 4 rings (SSSR count). The minimum absolute atomic E-state index is 0.0216. The molecule has 0 radical (unpaired) electrons. The van der Waals surface area contributed by atoms with E-state index in [9.17, 15) is 0 Å². The van der Waals surface area contributed by atoms with Crippen molar-refractivity contribution in [1.82, 2.24) is 25.1 Å². The van der Waals surface area contributed by atoms with Crippen molar-refractivity contribution in [3.05, 3.63) is 37.1 Å². The molecule has 1 aliphatic rings. The maximum Gasteiger partial charge on any atom is 0.263 e. The minimum Gasteiger partial charge on any atom is -0.376 e. The number of hydrogen-bond acceptors (Lipinski definition) is 9. The van der Waals surface area contributed by atoms with Crippen LogP contribution in [0.25, 0.3) is 22.8 Å². The molecular formula is C16H16N6O3. The lowest BCUT2D eigenvalue weighted by Crippen LogP contribution is -2.34. The Morgan fingerprint density at radius 3 is 2.92 bits per heavy atom. The van der Waals surface area contributed by atoms with Gasteiger partial charge in [0.1, 0.15) is 17.7 Å². The number of rotatable bonds is 5. The lowest BCUT2D eigenvalue weighted by molar-refractivity contribution is -0.0819. The van der Waals surface area contributed by atoms with Crippen molar-refractivity contribution >= 4 is 5.82 Å². The Morgan fingerprint density at radius 2 is 2.08 bits per heavy atom. The van der Waals surface area contributed by atoms with Gasteiger partial charge in [0.15, 0.2) is 0 Å². The fraction of sp³-hybridized carbons (Fsp3) is 0.312. The van der Waals surface area contributed by atoms with Crippen molar-refractivity contribution in [1.29, 1.82) is 0 Å². The van der Waals surface area contributed by atoms with E-state index in [1.54, 1.807) is 18.6 Å². The molecule has 9 heteroatoms. The summed E-state index contributed by atoms with van der Waals surface area (Å²) in [4.78, 5) is 16.7. The maximum absolute atomic E-state index is 5.62. The molecule has 3 aromatic heterocycles. The van der Waals surface area contributed by atoms with E-state index in [0.29, 0.717) is 49.5 Å². The summed E-state index contributed by atoms with van der Waals surface area (Å²) in [6.07, 6.45) is 6.43. The number of aromatic nitrogens is 5. The SMILES string of the molecule is c1cc(-c2noc(-c3cncnc3NC[C@H]3COCCO3)n2)ccn1. The van der Waals surface area contributed by atoms with Gasteiger partial charge in [-0.05, 0) is 12.1 Å². The van der Waals surface area contributed by atoms with Gasteiger partial charge in [0.2, 0.25) is 5.82 Å². The standard InChI is InChI=1S/C16H16N6O3/c1-3-17-4-2-11(1)14-21-16(25-22-14)13-8-18-10-20-15(13)19-7-12-9-23-5-6-24-12/h1-4,8,10,12H,5-7,9H2,(H,18,19,20)/t12-/m0/s1. The average molecular weight is 340 g/mol. The zero-order valence-corrected chi connectivity index (χ0v) is 13.3. The summed E-state index contributed by atoms with van der Waals surface area (Å²) in [6, 6.07) is 3.63. The van der Waals surface area contributed by atoms with Gasteiger partial charge in [0.25, 0.3) is 5.89 Å². The van der Waals surface area contributed by atoms with E-state index >= 15 is 0 Å². The molecule has 1 atom stereocenters. The molecule has 128 valence electrons. The Hall–Kier alpha value is -2.91. The fourth-order valence-electron chi connectivity index (χ4n) is 2.44. The van der Waals surface area contributed by atoms with Crippen molar-refractivity contribution < 1.29 is 14.0 Å². The number of anilines is 1. The van der Waals surface area contributed by atoms with Gasteiger partial charge in [-0.25, -0.2) is 9.97 Å². The summed E-state index contributed by atoms with van der Waals surface area (Å²) < 4.78 is 16.4. The Labute approximate surface area is 143 Å². The molecule has 1 saturated heterocycles. The van der Waals surface area contributed by atoms with Crippen LogP contribution in [0.1, 0.15) is 0 Å². The van der Waals surface area contributed by atoms with Crippen LogP contribution in [0.2, 0.25) is 0 Å². The molecule has 0 saturated carbocycles. The monoisotopic (exact) mass is 340 g/mol. The summed E-state index contributed by atoms with van der Waals surface area (Å²) in [7, 11) is 0. The largest absolute Gasteiger partial charge is 0.376 e. The second-order valence-electron chi connectivity index (χ2n) is 5.39. The predicted molar refractivity (Wildman–Crippen MR) is 87.6 cm³/mol. The minimum atomic E-state index is -0.0216. The van der Waals surface area contributed by atoms with Gasteiger partial charge in [-0.3, -0.25) is 4.98 Å². The fourth-order valence-corrected chi connectivity index (χ4v) is 2.44. The van der Waals surface area contributed by atoms with Crippen molar-refractivity contribution in [3.63, 3.8) is 0 Å². The lowest BCUT2D eigenvalue weighted by atomic mass is 10.2. The van der Waals surface area contributed by atoms with E-state index in [2.05, 4.69) is 30.4 Å². The molecule has 0 aromatic carbocycles. The van der Waals surface area contributed by atoms with Crippen LogP contribution in [-0.4, -0.2) is 57.6 Å². The number of hydrogen-bond donors (Lipinski definition) is 1. The van der Waals surface area contributed by atoms with Gasteiger partial charge in [0.05, 0.1) is 25.9 Å². The zero-order valence-electron chi connectivity index (χ0n) is 13.3. The Balaban J connectivity index is 1.53. The smallest absolute Gasteiger partial charge is 0.263 e. The van der Waals surface area contributed by atoms with E-state index in [1.807, 2.05) is 12.1 Å². The first-order chi connectivity index (χ1) is 12.4. The van der Waals surface area contributed by atoms with E-state index in [1.165, 1.54) is 6.33 Å². The van der Waals surface area contributed by atoms with Gasteiger partial charge in [-0.15, -0.1) is 0 Å². The third kappa shape index (κ3) is 3.62. The highest BCUT2D eigenvalue weighted by molar-refractivity contribution is 5.69. The second kappa shape index (κ2) is 7.32. The Morgan fingerprint density at radius 1 is 1.16 bits per heavy atom. The highest BCUT2D eigenvalue weighted by Gasteiger charge is 2.18. The first kappa shape index (κ1) is 15.6. The quantitative estimate of drug-likeness (QED) is 0.737. The van der Waals surface area contributed by atoms with Crippen LogP contribution in [0.15, 0.2) is 41.6 Å². The molecule has 3 aromatic rings. The van der Waals surface area contributed by atoms with Gasteiger partial charge >= 0.3 is 0 Å². The Bertz CT molecular complexity index is 820. The van der Waals surface area contributed by atoms with E-state index in [4.69, 9.17) is 14.0 Å². The highest BCUT2D eigenvalue weighted by atomic mass is 16.6. The second-order valence-corrected chi connectivity index (χ2v) is 5.39. The third-order valence-electron chi connectivity index (χ3n) is 3.69. The topological polar surface area (TPSA) is 108 Å². The van der Waals surface area contributed by atoms with Crippen molar-refractivity contribution in [2.24, 2.45) is 0 Å². The average Bonchev–Trinajstić information content (AvgIpc) is 3.18.